The van der Waals surface area contributed by atoms with Crippen LogP contribution in [0.1, 0.15) is 88.5 Å². The maximum absolute atomic E-state index is 13.0. The van der Waals surface area contributed by atoms with Crippen molar-refractivity contribution in [1.82, 2.24) is 0 Å². The molecule has 40 heavy (non-hydrogen) atoms. The van der Waals surface area contributed by atoms with Crippen LogP contribution in [0.3, 0.4) is 0 Å². The predicted octanol–water partition coefficient (Wildman–Crippen LogP) is 4.90. The van der Waals surface area contributed by atoms with Gasteiger partial charge in [-0.2, -0.15) is 0 Å². The summed E-state index contributed by atoms with van der Waals surface area (Å²) in [7, 11) is 0. The molecule has 228 valence electrons. The highest BCUT2D eigenvalue weighted by molar-refractivity contribution is 5.77. The summed E-state index contributed by atoms with van der Waals surface area (Å²) in [5.41, 5.74) is -0.357. The van der Waals surface area contributed by atoms with Gasteiger partial charge in [-0.3, -0.25) is 14.4 Å². The Morgan fingerprint density at radius 1 is 0.925 bits per heavy atom. The van der Waals surface area contributed by atoms with Crippen molar-refractivity contribution in [2.24, 2.45) is 22.2 Å². The molecule has 0 aromatic carbocycles. The lowest BCUT2D eigenvalue weighted by molar-refractivity contribution is -0.306. The van der Waals surface area contributed by atoms with Crippen LogP contribution in [0.5, 0.6) is 0 Å². The molecule has 9 heteroatoms. The summed E-state index contributed by atoms with van der Waals surface area (Å²) in [6.45, 7) is 21.2. The molecule has 0 saturated carbocycles. The Balaban J connectivity index is 2.36. The summed E-state index contributed by atoms with van der Waals surface area (Å²) in [6.07, 6.45) is -1.55. The third-order valence-electron chi connectivity index (χ3n) is 6.95. The molecule has 2 aliphatic rings. The van der Waals surface area contributed by atoms with Crippen LogP contribution < -0.4 is 0 Å². The molecule has 0 aromatic heterocycles. The first-order chi connectivity index (χ1) is 18.2. The zero-order valence-corrected chi connectivity index (χ0v) is 26.0. The van der Waals surface area contributed by atoms with Crippen molar-refractivity contribution in [2.75, 3.05) is 13.2 Å². The van der Waals surface area contributed by atoms with Gasteiger partial charge in [0.15, 0.2) is 18.5 Å². The minimum atomic E-state index is -1.47. The molecule has 0 radical (unpaired) electrons. The first-order valence-electron chi connectivity index (χ1n) is 14.1. The Kier molecular flexibility index (Phi) is 11.2. The predicted molar refractivity (Wildman–Crippen MR) is 150 cm³/mol. The van der Waals surface area contributed by atoms with Gasteiger partial charge in [0.05, 0.1) is 22.9 Å². The van der Waals surface area contributed by atoms with E-state index in [4.69, 9.17) is 23.7 Å². The second-order valence-electron chi connectivity index (χ2n) is 14.1. The van der Waals surface area contributed by atoms with Crippen molar-refractivity contribution >= 4 is 17.9 Å². The smallest absolute Gasteiger partial charge is 0.311 e. The van der Waals surface area contributed by atoms with Crippen molar-refractivity contribution in [2.45, 2.75) is 119 Å². The fourth-order valence-electron chi connectivity index (χ4n) is 4.07. The van der Waals surface area contributed by atoms with Crippen LogP contribution in [0.25, 0.3) is 0 Å². The summed E-state index contributed by atoms with van der Waals surface area (Å²) in [4.78, 5) is 38.5. The molecule has 0 aromatic rings. The summed E-state index contributed by atoms with van der Waals surface area (Å²) in [6, 6.07) is 0. The van der Waals surface area contributed by atoms with E-state index in [1.165, 1.54) is 0 Å². The molecule has 1 N–H and O–H groups in total. The van der Waals surface area contributed by atoms with Crippen molar-refractivity contribution in [3.8, 4) is 0 Å². The van der Waals surface area contributed by atoms with Crippen molar-refractivity contribution in [3.63, 3.8) is 0 Å². The maximum atomic E-state index is 13.0. The summed E-state index contributed by atoms with van der Waals surface area (Å²) >= 11 is 0. The lowest BCUT2D eigenvalue weighted by Crippen LogP contribution is -2.63. The van der Waals surface area contributed by atoms with Crippen molar-refractivity contribution < 1.29 is 43.2 Å². The average molecular weight is 567 g/mol. The molecule has 6 atom stereocenters. The lowest BCUT2D eigenvalue weighted by atomic mass is 9.86. The number of carbonyl (C=O) groups excluding carboxylic acids is 3. The van der Waals surface area contributed by atoms with Gasteiger partial charge in [-0.15, -0.1) is 0 Å². The molecule has 2 rings (SSSR count). The van der Waals surface area contributed by atoms with Crippen LogP contribution >= 0.6 is 0 Å². The number of rotatable bonds is 8. The number of hydrogen-bond acceptors (Lipinski definition) is 9. The van der Waals surface area contributed by atoms with Crippen LogP contribution in [-0.4, -0.2) is 66.9 Å². The largest absolute Gasteiger partial charge is 0.462 e. The quantitative estimate of drug-likeness (QED) is 0.249. The van der Waals surface area contributed by atoms with Gasteiger partial charge in [0.2, 0.25) is 0 Å². The molecule has 1 fully saturated rings. The Labute approximate surface area is 239 Å². The van der Waals surface area contributed by atoms with Crippen molar-refractivity contribution in [3.05, 3.63) is 23.8 Å². The van der Waals surface area contributed by atoms with Crippen LogP contribution in [0.4, 0.5) is 0 Å². The van der Waals surface area contributed by atoms with E-state index >= 15 is 0 Å². The topological polar surface area (TPSA) is 118 Å². The highest BCUT2D eigenvalue weighted by Crippen LogP contribution is 2.33. The fourth-order valence-corrected chi connectivity index (χ4v) is 4.07. The van der Waals surface area contributed by atoms with E-state index in [1.807, 2.05) is 6.92 Å². The molecule has 1 aliphatic carbocycles. The van der Waals surface area contributed by atoms with Crippen LogP contribution in [0.15, 0.2) is 23.8 Å². The summed E-state index contributed by atoms with van der Waals surface area (Å²) < 4.78 is 29.2. The monoisotopic (exact) mass is 566 g/mol. The maximum Gasteiger partial charge on any atom is 0.311 e. The normalized spacial score (nSPS) is 27.8. The number of aliphatic hydroxyl groups is 1. The van der Waals surface area contributed by atoms with E-state index in [0.29, 0.717) is 5.92 Å². The van der Waals surface area contributed by atoms with E-state index in [1.54, 1.807) is 62.3 Å². The zero-order valence-electron chi connectivity index (χ0n) is 26.0. The summed E-state index contributed by atoms with van der Waals surface area (Å²) in [5.74, 6) is -1.24. The molecule has 1 saturated heterocycles. The SMILES string of the molecule is C=C(C)[C@@H]1CC=C(CO[C@@H]2O[C@H](COC(=O)C(C)(C)C)[C@@H](OC(=O)C(C)(C)C)[C@H](OC(=O)C(C)(C)C)[C@H]2O)CC1. The van der Waals surface area contributed by atoms with Gasteiger partial charge in [-0.1, -0.05) is 18.2 Å². The second-order valence-corrected chi connectivity index (χ2v) is 14.1. The fraction of sp³-hybridized carbons (Fsp3) is 0.774. The van der Waals surface area contributed by atoms with Crippen molar-refractivity contribution in [1.29, 1.82) is 0 Å². The number of allylic oxidation sites excluding steroid dienone is 2. The minimum Gasteiger partial charge on any atom is -0.462 e. The lowest BCUT2D eigenvalue weighted by Gasteiger charge is -2.44. The third-order valence-corrected chi connectivity index (χ3v) is 6.95. The van der Waals surface area contributed by atoms with Gasteiger partial charge in [-0.05, 0) is 100.0 Å². The molecule has 0 spiro atoms. The third kappa shape index (κ3) is 9.42. The van der Waals surface area contributed by atoms with Gasteiger partial charge < -0.3 is 28.8 Å². The number of hydrogen-bond donors (Lipinski definition) is 1. The number of aliphatic hydroxyl groups excluding tert-OH is 1. The van der Waals surface area contributed by atoms with Gasteiger partial charge >= 0.3 is 17.9 Å². The molecule has 9 nitrogen and oxygen atoms in total. The standard InChI is InChI=1S/C31H50O9/c1-18(2)20-14-12-19(13-15-20)16-36-25-22(32)24(40-28(35)31(9,10)11)23(39-27(34)30(6,7)8)21(38-25)17-37-26(33)29(3,4)5/h12,20-25,32H,1,13-17H2,2-11H3/t20-,21-,22-,23-,24-,25-/m1/s1. The number of carbonyl (C=O) groups is 3. The van der Waals surface area contributed by atoms with E-state index in [9.17, 15) is 19.5 Å². The highest BCUT2D eigenvalue weighted by atomic mass is 16.7. The average Bonchev–Trinajstić information content (AvgIpc) is 2.82. The Hall–Kier alpha value is -2.23. The van der Waals surface area contributed by atoms with Crippen LogP contribution in [0, 0.1) is 22.2 Å². The molecule has 0 bridgehead atoms. The second kappa shape index (κ2) is 13.2. The van der Waals surface area contributed by atoms with E-state index < -0.39 is 64.9 Å². The summed E-state index contributed by atoms with van der Waals surface area (Å²) in [5, 5.41) is 11.3. The van der Waals surface area contributed by atoms with E-state index in [0.717, 1.165) is 30.4 Å². The molecule has 1 aliphatic heterocycles. The Morgan fingerprint density at radius 3 is 1.90 bits per heavy atom. The molecular formula is C31H50O9. The molecule has 1 heterocycles. The number of ether oxygens (including phenoxy) is 5. The molecule has 0 amide bonds. The Bertz CT molecular complexity index is 961. The van der Waals surface area contributed by atoms with Crippen LogP contribution in [0.2, 0.25) is 0 Å². The van der Waals surface area contributed by atoms with E-state index in [-0.39, 0.29) is 13.2 Å². The van der Waals surface area contributed by atoms with Gasteiger partial charge in [0.25, 0.3) is 0 Å². The minimum absolute atomic E-state index is 0.200. The molecule has 0 unspecified atom stereocenters. The van der Waals surface area contributed by atoms with Crippen LogP contribution in [-0.2, 0) is 38.1 Å². The van der Waals surface area contributed by atoms with Gasteiger partial charge in [0.1, 0.15) is 18.8 Å². The Morgan fingerprint density at radius 2 is 1.45 bits per heavy atom. The number of esters is 3. The first-order valence-corrected chi connectivity index (χ1v) is 14.1. The van der Waals surface area contributed by atoms with Gasteiger partial charge in [0, 0.05) is 0 Å². The highest BCUT2D eigenvalue weighted by Gasteiger charge is 2.52. The van der Waals surface area contributed by atoms with Gasteiger partial charge in [-0.25, -0.2) is 0 Å². The molecular weight excluding hydrogens is 516 g/mol. The zero-order chi connectivity index (χ0) is 30.6. The first kappa shape index (κ1) is 34.0. The van der Waals surface area contributed by atoms with E-state index in [2.05, 4.69) is 12.7 Å².